The predicted molar refractivity (Wildman–Crippen MR) is 87.6 cm³/mol. The number of hydrogen-bond donors (Lipinski definition) is 3. The van der Waals surface area contributed by atoms with Gasteiger partial charge in [0.1, 0.15) is 5.82 Å². The largest absolute Gasteiger partial charge is 0.394 e. The molecule has 1 fully saturated rings. The zero-order valence-corrected chi connectivity index (χ0v) is 13.8. The van der Waals surface area contributed by atoms with Crippen LogP contribution in [0.3, 0.4) is 0 Å². The van der Waals surface area contributed by atoms with Gasteiger partial charge in [-0.25, -0.2) is 9.18 Å². The number of halogens is 1. The Labute approximate surface area is 136 Å². The number of nitrogens with one attached hydrogen (secondary N) is 2. The molecule has 0 radical (unpaired) electrons. The Bertz CT molecular complexity index is 513. The number of likely N-dealkylation sites (N-methyl/N-ethyl adjacent to an activating group) is 1. The van der Waals surface area contributed by atoms with E-state index in [1.165, 1.54) is 12.1 Å². The van der Waals surface area contributed by atoms with Gasteiger partial charge in [-0.2, -0.15) is 0 Å². The fourth-order valence-electron chi connectivity index (χ4n) is 3.13. The fraction of sp³-hybridized carbons (Fsp3) is 0.588. The van der Waals surface area contributed by atoms with E-state index in [2.05, 4.69) is 10.6 Å². The molecule has 23 heavy (non-hydrogen) atoms. The molecule has 0 saturated heterocycles. The number of urea groups is 1. The van der Waals surface area contributed by atoms with Crippen LogP contribution in [0.15, 0.2) is 24.3 Å². The Hall–Kier alpha value is -1.66. The summed E-state index contributed by atoms with van der Waals surface area (Å²) < 4.78 is 13.1. The zero-order chi connectivity index (χ0) is 16.9. The van der Waals surface area contributed by atoms with Crippen LogP contribution in [-0.2, 0) is 0 Å². The summed E-state index contributed by atoms with van der Waals surface area (Å²) >= 11 is 0. The lowest BCUT2D eigenvalue weighted by Crippen LogP contribution is -2.53. The maximum atomic E-state index is 13.1. The predicted octanol–water partition coefficient (Wildman–Crippen LogP) is 2.03. The number of nitrogens with zero attached hydrogens (tertiary/aromatic N) is 1. The first kappa shape index (κ1) is 17.7. The Balaban J connectivity index is 1.93. The van der Waals surface area contributed by atoms with Gasteiger partial charge in [0.25, 0.3) is 0 Å². The molecule has 1 saturated carbocycles. The second kappa shape index (κ2) is 7.75. The van der Waals surface area contributed by atoms with Gasteiger partial charge in [0.05, 0.1) is 18.2 Å². The second-order valence-electron chi connectivity index (χ2n) is 6.51. The van der Waals surface area contributed by atoms with Gasteiger partial charge >= 0.3 is 6.03 Å². The number of rotatable bonds is 6. The van der Waals surface area contributed by atoms with Crippen LogP contribution in [0.5, 0.6) is 0 Å². The SMILES string of the molecule is CN(C)C(CNC(=O)NC1(CO)CCCC1)c1ccc(F)cc1. The van der Waals surface area contributed by atoms with E-state index < -0.39 is 5.54 Å². The molecule has 0 aromatic heterocycles. The summed E-state index contributed by atoms with van der Waals surface area (Å²) in [5.74, 6) is -0.275. The van der Waals surface area contributed by atoms with Crippen LogP contribution >= 0.6 is 0 Å². The first-order chi connectivity index (χ1) is 11.0. The normalized spacial score (nSPS) is 18.0. The standard InChI is InChI=1S/C17H26FN3O2/c1-21(2)15(13-5-7-14(18)8-6-13)11-19-16(23)20-17(12-22)9-3-4-10-17/h5-8,15,22H,3-4,9-12H2,1-2H3,(H2,19,20,23). The van der Waals surface area contributed by atoms with Crippen molar-refractivity contribution >= 4 is 6.03 Å². The van der Waals surface area contributed by atoms with E-state index in [1.54, 1.807) is 12.1 Å². The first-order valence-electron chi connectivity index (χ1n) is 8.04. The number of hydrogen-bond acceptors (Lipinski definition) is 3. The maximum absolute atomic E-state index is 13.1. The average molecular weight is 323 g/mol. The lowest BCUT2D eigenvalue weighted by molar-refractivity contribution is 0.161. The molecule has 128 valence electrons. The minimum atomic E-state index is -0.479. The number of carbonyl (C=O) groups is 1. The highest BCUT2D eigenvalue weighted by Gasteiger charge is 2.34. The molecule has 1 atom stereocenters. The molecule has 1 aliphatic rings. The van der Waals surface area contributed by atoms with Crippen LogP contribution in [0.2, 0.25) is 0 Å². The highest BCUT2D eigenvalue weighted by atomic mass is 19.1. The smallest absolute Gasteiger partial charge is 0.315 e. The van der Waals surface area contributed by atoms with Crippen LogP contribution < -0.4 is 10.6 Å². The Morgan fingerprint density at radius 2 is 1.91 bits per heavy atom. The minimum absolute atomic E-state index is 0.0323. The maximum Gasteiger partial charge on any atom is 0.315 e. The van der Waals surface area contributed by atoms with Gasteiger partial charge in [-0.15, -0.1) is 0 Å². The van der Waals surface area contributed by atoms with Crippen molar-refractivity contribution in [3.8, 4) is 0 Å². The van der Waals surface area contributed by atoms with Crippen molar-refractivity contribution in [2.45, 2.75) is 37.3 Å². The molecule has 0 spiro atoms. The highest BCUT2D eigenvalue weighted by molar-refractivity contribution is 5.75. The Morgan fingerprint density at radius 3 is 2.43 bits per heavy atom. The molecule has 0 aliphatic heterocycles. The molecule has 2 amide bonds. The number of benzene rings is 1. The van der Waals surface area contributed by atoms with Crippen LogP contribution in [0.4, 0.5) is 9.18 Å². The van der Waals surface area contributed by atoms with Crippen molar-refractivity contribution < 1.29 is 14.3 Å². The number of aliphatic hydroxyl groups is 1. The van der Waals surface area contributed by atoms with Gasteiger partial charge in [-0.3, -0.25) is 0 Å². The Morgan fingerprint density at radius 1 is 1.30 bits per heavy atom. The van der Waals surface area contributed by atoms with Crippen molar-refractivity contribution in [3.05, 3.63) is 35.6 Å². The van der Waals surface area contributed by atoms with E-state index in [1.807, 2.05) is 19.0 Å². The minimum Gasteiger partial charge on any atom is -0.394 e. The van der Waals surface area contributed by atoms with Gasteiger partial charge in [0.15, 0.2) is 0 Å². The molecular weight excluding hydrogens is 297 g/mol. The molecule has 3 N–H and O–H groups in total. The summed E-state index contributed by atoms with van der Waals surface area (Å²) in [6.07, 6.45) is 3.67. The zero-order valence-electron chi connectivity index (χ0n) is 13.8. The quantitative estimate of drug-likeness (QED) is 0.750. The highest BCUT2D eigenvalue weighted by Crippen LogP contribution is 2.29. The van der Waals surface area contributed by atoms with Gasteiger partial charge in [-0.05, 0) is 44.6 Å². The summed E-state index contributed by atoms with van der Waals surface area (Å²) in [5, 5.41) is 15.3. The van der Waals surface area contributed by atoms with Gasteiger partial charge in [0, 0.05) is 6.54 Å². The van der Waals surface area contributed by atoms with E-state index in [-0.39, 0.29) is 24.5 Å². The van der Waals surface area contributed by atoms with E-state index in [9.17, 15) is 14.3 Å². The van der Waals surface area contributed by atoms with Crippen molar-refractivity contribution in [3.63, 3.8) is 0 Å². The van der Waals surface area contributed by atoms with Crippen molar-refractivity contribution in [1.29, 1.82) is 0 Å². The van der Waals surface area contributed by atoms with Gasteiger partial charge < -0.3 is 20.6 Å². The topological polar surface area (TPSA) is 64.6 Å². The van der Waals surface area contributed by atoms with E-state index in [0.29, 0.717) is 6.54 Å². The summed E-state index contributed by atoms with van der Waals surface area (Å²) in [7, 11) is 3.83. The second-order valence-corrected chi connectivity index (χ2v) is 6.51. The molecule has 0 heterocycles. The third-order valence-electron chi connectivity index (χ3n) is 4.58. The molecule has 1 aliphatic carbocycles. The summed E-state index contributed by atoms with van der Waals surface area (Å²) in [4.78, 5) is 14.1. The Kier molecular flexibility index (Phi) is 5.96. The third kappa shape index (κ3) is 4.65. The van der Waals surface area contributed by atoms with E-state index in [0.717, 1.165) is 31.2 Å². The van der Waals surface area contributed by atoms with Crippen LogP contribution in [0.25, 0.3) is 0 Å². The summed E-state index contributed by atoms with van der Waals surface area (Å²) in [6.45, 7) is 0.376. The van der Waals surface area contributed by atoms with Crippen LogP contribution in [0.1, 0.15) is 37.3 Å². The average Bonchev–Trinajstić information content (AvgIpc) is 2.98. The van der Waals surface area contributed by atoms with Crippen molar-refractivity contribution in [2.75, 3.05) is 27.2 Å². The van der Waals surface area contributed by atoms with Crippen molar-refractivity contribution in [2.24, 2.45) is 0 Å². The number of aliphatic hydroxyl groups excluding tert-OH is 1. The number of amides is 2. The van der Waals surface area contributed by atoms with Crippen LogP contribution in [-0.4, -0.2) is 48.8 Å². The summed E-state index contributed by atoms with van der Waals surface area (Å²) in [5.41, 5.74) is 0.461. The lowest BCUT2D eigenvalue weighted by Gasteiger charge is -2.29. The first-order valence-corrected chi connectivity index (χ1v) is 8.04. The fourth-order valence-corrected chi connectivity index (χ4v) is 3.13. The van der Waals surface area contributed by atoms with E-state index in [4.69, 9.17) is 0 Å². The van der Waals surface area contributed by atoms with Crippen molar-refractivity contribution in [1.82, 2.24) is 15.5 Å². The van der Waals surface area contributed by atoms with E-state index >= 15 is 0 Å². The lowest BCUT2D eigenvalue weighted by atomic mass is 9.99. The molecule has 5 nitrogen and oxygen atoms in total. The number of carbonyl (C=O) groups excluding carboxylic acids is 1. The molecular formula is C17H26FN3O2. The van der Waals surface area contributed by atoms with Gasteiger partial charge in [-0.1, -0.05) is 25.0 Å². The molecule has 0 bridgehead atoms. The molecule has 1 aromatic rings. The molecule has 2 rings (SSSR count). The summed E-state index contributed by atoms with van der Waals surface area (Å²) in [6, 6.07) is 5.98. The van der Waals surface area contributed by atoms with Gasteiger partial charge in [0.2, 0.25) is 0 Å². The molecule has 6 heteroatoms. The van der Waals surface area contributed by atoms with Crippen LogP contribution in [0, 0.1) is 5.82 Å². The molecule has 1 unspecified atom stereocenters. The monoisotopic (exact) mass is 323 g/mol. The third-order valence-corrected chi connectivity index (χ3v) is 4.58. The molecule has 1 aromatic carbocycles.